The van der Waals surface area contributed by atoms with Crippen molar-refractivity contribution in [3.05, 3.63) is 46.1 Å². The minimum Gasteiger partial charge on any atom is -0.460 e. The van der Waals surface area contributed by atoms with Gasteiger partial charge < -0.3 is 14.6 Å². The molecule has 0 saturated carbocycles. The molecule has 0 radical (unpaired) electrons. The Morgan fingerprint density at radius 1 is 1.09 bits per heavy atom. The number of hydrogen-bond acceptors (Lipinski definition) is 3. The molecule has 0 aliphatic carbocycles. The molecule has 2 aromatic rings. The van der Waals surface area contributed by atoms with Gasteiger partial charge in [-0.2, -0.15) is 0 Å². The summed E-state index contributed by atoms with van der Waals surface area (Å²) in [5.74, 6) is 1.65. The van der Waals surface area contributed by atoms with Crippen LogP contribution in [0.2, 0.25) is 10.0 Å². The maximum absolute atomic E-state index is 6.17. The Morgan fingerprint density at radius 2 is 1.82 bits per heavy atom. The van der Waals surface area contributed by atoms with E-state index in [0.717, 1.165) is 30.2 Å². The van der Waals surface area contributed by atoms with Crippen LogP contribution in [0.15, 0.2) is 34.7 Å². The fourth-order valence-corrected chi connectivity index (χ4v) is 2.32. The lowest BCUT2D eigenvalue weighted by Crippen LogP contribution is -2.25. The number of benzene rings is 1. The van der Waals surface area contributed by atoms with E-state index >= 15 is 0 Å². The molecule has 1 heterocycles. The Kier molecular flexibility index (Phi) is 10.2. The molecule has 1 aromatic heterocycles. The van der Waals surface area contributed by atoms with E-state index in [4.69, 9.17) is 27.6 Å². The predicted molar refractivity (Wildman–Crippen MR) is 98.9 cm³/mol. The molecule has 22 heavy (non-hydrogen) atoms. The monoisotopic (exact) mass is 384 g/mol. The maximum atomic E-state index is 6.17. The smallest absolute Gasteiger partial charge is 0.135 e. The van der Waals surface area contributed by atoms with Crippen molar-refractivity contribution >= 4 is 48.0 Å². The molecular formula is C15H20Cl4N2O. The first-order chi connectivity index (χ1) is 9.56. The highest BCUT2D eigenvalue weighted by atomic mass is 35.5. The van der Waals surface area contributed by atoms with Gasteiger partial charge in [0.1, 0.15) is 11.5 Å². The van der Waals surface area contributed by atoms with Crippen LogP contribution in [0.4, 0.5) is 0 Å². The van der Waals surface area contributed by atoms with Gasteiger partial charge in [-0.3, -0.25) is 0 Å². The molecule has 0 spiro atoms. The number of likely N-dealkylation sites (N-methyl/N-ethyl adjacent to an activating group) is 1. The molecular weight excluding hydrogens is 366 g/mol. The summed E-state index contributed by atoms with van der Waals surface area (Å²) in [5.41, 5.74) is 0.857. The lowest BCUT2D eigenvalue weighted by atomic mass is 10.2. The third-order valence-electron chi connectivity index (χ3n) is 2.89. The summed E-state index contributed by atoms with van der Waals surface area (Å²) in [6.07, 6.45) is 0. The predicted octanol–water partition coefficient (Wildman–Crippen LogP) is 4.75. The molecule has 124 valence electrons. The van der Waals surface area contributed by atoms with Crippen LogP contribution in [0.5, 0.6) is 0 Å². The molecule has 0 unspecified atom stereocenters. The fourth-order valence-electron chi connectivity index (χ4n) is 1.82. The number of hydrogen-bond donors (Lipinski definition) is 1. The van der Waals surface area contributed by atoms with Gasteiger partial charge in [0.05, 0.1) is 11.6 Å². The Hall–Kier alpha value is -0.420. The van der Waals surface area contributed by atoms with E-state index in [-0.39, 0.29) is 24.8 Å². The van der Waals surface area contributed by atoms with Gasteiger partial charge in [-0.05, 0) is 44.4 Å². The normalized spacial score (nSPS) is 10.2. The largest absolute Gasteiger partial charge is 0.460 e. The first-order valence-corrected chi connectivity index (χ1v) is 7.21. The van der Waals surface area contributed by atoms with E-state index in [1.54, 1.807) is 12.1 Å². The van der Waals surface area contributed by atoms with E-state index in [1.807, 2.05) is 18.2 Å². The Balaban J connectivity index is 0.00000220. The zero-order valence-electron chi connectivity index (χ0n) is 12.4. The summed E-state index contributed by atoms with van der Waals surface area (Å²) < 4.78 is 5.79. The first-order valence-electron chi connectivity index (χ1n) is 6.46. The van der Waals surface area contributed by atoms with E-state index in [1.165, 1.54) is 0 Å². The van der Waals surface area contributed by atoms with E-state index in [0.29, 0.717) is 16.6 Å². The molecule has 0 bridgehead atoms. The minimum atomic E-state index is 0. The van der Waals surface area contributed by atoms with Crippen LogP contribution in [-0.2, 0) is 6.54 Å². The molecule has 0 fully saturated rings. The van der Waals surface area contributed by atoms with Crippen LogP contribution < -0.4 is 5.32 Å². The Labute approximate surface area is 153 Å². The highest BCUT2D eigenvalue weighted by molar-refractivity contribution is 6.36. The van der Waals surface area contributed by atoms with Gasteiger partial charge in [-0.1, -0.05) is 23.2 Å². The van der Waals surface area contributed by atoms with E-state index < -0.39 is 0 Å². The van der Waals surface area contributed by atoms with E-state index in [2.05, 4.69) is 24.3 Å². The van der Waals surface area contributed by atoms with Gasteiger partial charge in [0.25, 0.3) is 0 Å². The second-order valence-electron chi connectivity index (χ2n) is 4.87. The van der Waals surface area contributed by atoms with E-state index in [9.17, 15) is 0 Å². The summed E-state index contributed by atoms with van der Waals surface area (Å²) in [4.78, 5) is 2.13. The second kappa shape index (κ2) is 10.4. The van der Waals surface area contributed by atoms with Crippen molar-refractivity contribution < 1.29 is 4.42 Å². The van der Waals surface area contributed by atoms with Crippen LogP contribution in [0.3, 0.4) is 0 Å². The third-order valence-corrected chi connectivity index (χ3v) is 3.44. The van der Waals surface area contributed by atoms with Crippen LogP contribution in [0, 0.1) is 0 Å². The average Bonchev–Trinajstić information content (AvgIpc) is 2.83. The molecule has 7 heteroatoms. The zero-order valence-corrected chi connectivity index (χ0v) is 15.6. The lowest BCUT2D eigenvalue weighted by Gasteiger charge is -2.09. The van der Waals surface area contributed by atoms with Gasteiger partial charge in [-0.25, -0.2) is 0 Å². The van der Waals surface area contributed by atoms with Crippen LogP contribution in [0.25, 0.3) is 11.3 Å². The quantitative estimate of drug-likeness (QED) is 0.727. The number of nitrogens with zero attached hydrogens (tertiary/aromatic N) is 1. The molecule has 0 aliphatic rings. The van der Waals surface area contributed by atoms with Crippen molar-refractivity contribution in [2.45, 2.75) is 6.54 Å². The summed E-state index contributed by atoms with van der Waals surface area (Å²) in [7, 11) is 4.10. The molecule has 0 saturated heterocycles. The molecule has 2 rings (SSSR count). The summed E-state index contributed by atoms with van der Waals surface area (Å²) >= 11 is 12.1. The molecule has 3 nitrogen and oxygen atoms in total. The van der Waals surface area contributed by atoms with Crippen LogP contribution >= 0.6 is 48.0 Å². The highest BCUT2D eigenvalue weighted by Crippen LogP contribution is 2.31. The van der Waals surface area contributed by atoms with Crippen LogP contribution in [-0.4, -0.2) is 32.1 Å². The molecule has 1 N–H and O–H groups in total. The van der Waals surface area contributed by atoms with Crippen LogP contribution in [0.1, 0.15) is 5.76 Å². The summed E-state index contributed by atoms with van der Waals surface area (Å²) in [6.45, 7) is 2.63. The van der Waals surface area contributed by atoms with Crippen molar-refractivity contribution in [1.29, 1.82) is 0 Å². The molecule has 0 amide bonds. The van der Waals surface area contributed by atoms with Crippen molar-refractivity contribution in [3.8, 4) is 11.3 Å². The zero-order chi connectivity index (χ0) is 14.5. The third kappa shape index (κ3) is 6.37. The maximum Gasteiger partial charge on any atom is 0.135 e. The van der Waals surface area contributed by atoms with Gasteiger partial charge in [0.2, 0.25) is 0 Å². The lowest BCUT2D eigenvalue weighted by molar-refractivity contribution is 0.392. The second-order valence-corrected chi connectivity index (χ2v) is 5.71. The standard InChI is InChI=1S/C15H18Cl2N2O.2ClH/c1-19(2)8-7-18-10-12-4-6-15(20-12)13-5-3-11(16)9-14(13)17;;/h3-6,9,18H,7-8,10H2,1-2H3;2*1H. The average molecular weight is 386 g/mol. The molecule has 1 aromatic carbocycles. The number of halogens is 4. The van der Waals surface area contributed by atoms with Gasteiger partial charge in [0.15, 0.2) is 0 Å². The van der Waals surface area contributed by atoms with Gasteiger partial charge >= 0.3 is 0 Å². The number of nitrogens with one attached hydrogen (secondary N) is 1. The summed E-state index contributed by atoms with van der Waals surface area (Å²) in [6, 6.07) is 9.28. The fraction of sp³-hybridized carbons (Fsp3) is 0.333. The number of rotatable bonds is 6. The van der Waals surface area contributed by atoms with Crippen molar-refractivity contribution in [1.82, 2.24) is 10.2 Å². The van der Waals surface area contributed by atoms with Gasteiger partial charge in [-0.15, -0.1) is 24.8 Å². The van der Waals surface area contributed by atoms with Crippen molar-refractivity contribution in [3.63, 3.8) is 0 Å². The first kappa shape index (κ1) is 21.6. The topological polar surface area (TPSA) is 28.4 Å². The molecule has 0 aliphatic heterocycles. The Morgan fingerprint density at radius 3 is 2.45 bits per heavy atom. The SMILES string of the molecule is CN(C)CCNCc1ccc(-c2ccc(Cl)cc2Cl)o1.Cl.Cl. The Bertz CT molecular complexity index is 572. The van der Waals surface area contributed by atoms with Crippen molar-refractivity contribution in [2.75, 3.05) is 27.2 Å². The highest BCUT2D eigenvalue weighted by Gasteiger charge is 2.09. The van der Waals surface area contributed by atoms with Crippen molar-refractivity contribution in [2.24, 2.45) is 0 Å². The number of furan rings is 1. The summed E-state index contributed by atoms with van der Waals surface area (Å²) in [5, 5.41) is 4.55. The van der Waals surface area contributed by atoms with Gasteiger partial charge in [0, 0.05) is 23.7 Å². The minimum absolute atomic E-state index is 0. The molecule has 0 atom stereocenters.